The summed E-state index contributed by atoms with van der Waals surface area (Å²) in [6.07, 6.45) is -8.50. The summed E-state index contributed by atoms with van der Waals surface area (Å²) >= 11 is 0. The van der Waals surface area contributed by atoms with Gasteiger partial charge in [0.15, 0.2) is 5.82 Å². The Balaban J connectivity index is 2.43. The van der Waals surface area contributed by atoms with E-state index in [9.17, 15) is 31.1 Å². The third-order valence-electron chi connectivity index (χ3n) is 3.20. The summed E-state index contributed by atoms with van der Waals surface area (Å²) in [5.74, 6) is -1.29. The van der Waals surface area contributed by atoms with Gasteiger partial charge in [0.25, 0.3) is 0 Å². The minimum atomic E-state index is -5.00. The van der Waals surface area contributed by atoms with Gasteiger partial charge in [0.2, 0.25) is 0 Å². The highest BCUT2D eigenvalue weighted by molar-refractivity contribution is 6.37. The Bertz CT molecular complexity index is 870. The van der Waals surface area contributed by atoms with Crippen LogP contribution in [0.4, 0.5) is 26.3 Å². The lowest BCUT2D eigenvalue weighted by molar-refractivity contribution is -0.143. The fourth-order valence-electron chi connectivity index (χ4n) is 2.03. The number of hydrogen-bond donors (Lipinski definition) is 0. The smallest absolute Gasteiger partial charge is 0.416 e. The van der Waals surface area contributed by atoms with Crippen LogP contribution in [0.3, 0.4) is 0 Å². The average Bonchev–Trinajstić information content (AvgIpc) is 3.00. The van der Waals surface area contributed by atoms with E-state index in [1.165, 1.54) is 0 Å². The zero-order valence-corrected chi connectivity index (χ0v) is 14.5. The summed E-state index contributed by atoms with van der Waals surface area (Å²) in [5.41, 5.74) is -3.88. The summed E-state index contributed by atoms with van der Waals surface area (Å²) in [4.78, 5) is 15.3. The third-order valence-corrected chi connectivity index (χ3v) is 3.20. The molecule has 0 bridgehead atoms. The maximum absolute atomic E-state index is 12.9. The van der Waals surface area contributed by atoms with Gasteiger partial charge < -0.3 is 4.74 Å². The number of ether oxygens (including phenoxy) is 1. The summed E-state index contributed by atoms with van der Waals surface area (Å²) < 4.78 is 83.3. The first-order chi connectivity index (χ1) is 12.8. The van der Waals surface area contributed by atoms with E-state index in [-0.39, 0.29) is 11.5 Å². The molecule has 2 aromatic rings. The number of hydrogen-bond acceptors (Lipinski definition) is 4. The normalized spacial score (nSPS) is 13.1. The van der Waals surface area contributed by atoms with E-state index < -0.39 is 46.9 Å². The van der Waals surface area contributed by atoms with Crippen molar-refractivity contribution in [1.82, 2.24) is 14.8 Å². The second-order valence-corrected chi connectivity index (χ2v) is 5.88. The van der Waals surface area contributed by atoms with Crippen LogP contribution in [0.1, 0.15) is 25.0 Å². The molecule has 148 valence electrons. The van der Waals surface area contributed by atoms with Crippen molar-refractivity contribution in [3.8, 4) is 11.4 Å². The molecule has 0 saturated carbocycles. The molecule has 0 fully saturated rings. The molecule has 0 saturated heterocycles. The van der Waals surface area contributed by atoms with Crippen LogP contribution in [-0.2, 0) is 21.9 Å². The second-order valence-electron chi connectivity index (χ2n) is 5.88. The molecule has 0 atom stereocenters. The monoisotopic (exact) mass is 403 g/mol. The standard InChI is InChI=1S/C16H12BF6N3O2/c1-8(2)28-14(27)12(17)6-26-7-24-13(25-26)9-3-10(15(18,19)20)5-11(4-9)16(21,22)23/h3-8H,1-2H3/b12-6-. The van der Waals surface area contributed by atoms with Crippen LogP contribution >= 0.6 is 0 Å². The molecular formula is C16H12BF6N3O2. The fraction of sp³-hybridized carbons (Fsp3) is 0.312. The lowest BCUT2D eigenvalue weighted by Gasteiger charge is -2.13. The topological polar surface area (TPSA) is 57.0 Å². The zero-order chi connectivity index (χ0) is 21.3. The number of aromatic nitrogens is 3. The molecule has 12 heteroatoms. The van der Waals surface area contributed by atoms with Crippen LogP contribution in [0, 0.1) is 0 Å². The summed E-state index contributed by atoms with van der Waals surface area (Å²) in [5, 5.41) is 3.74. The van der Waals surface area contributed by atoms with Gasteiger partial charge in [0.05, 0.1) is 17.2 Å². The van der Waals surface area contributed by atoms with Crippen molar-refractivity contribution in [2.24, 2.45) is 0 Å². The molecule has 1 aromatic carbocycles. The van der Waals surface area contributed by atoms with Crippen LogP contribution < -0.4 is 0 Å². The second kappa shape index (κ2) is 7.68. The Morgan fingerprint density at radius 1 is 1.11 bits per heavy atom. The number of esters is 1. The number of alkyl halides is 6. The molecule has 0 unspecified atom stereocenters. The Labute approximate surface area is 156 Å². The van der Waals surface area contributed by atoms with E-state index in [0.29, 0.717) is 12.1 Å². The predicted octanol–water partition coefficient (Wildman–Crippen LogP) is 3.90. The van der Waals surface area contributed by atoms with Crippen LogP contribution in [-0.4, -0.2) is 34.7 Å². The minimum absolute atomic E-state index is 0.000304. The van der Waals surface area contributed by atoms with Gasteiger partial charge in [-0.15, -0.1) is 5.10 Å². The van der Waals surface area contributed by atoms with Gasteiger partial charge in [-0.25, -0.2) is 14.5 Å². The molecule has 5 nitrogen and oxygen atoms in total. The highest BCUT2D eigenvalue weighted by Crippen LogP contribution is 2.38. The molecule has 0 aliphatic rings. The van der Waals surface area contributed by atoms with Crippen molar-refractivity contribution in [1.29, 1.82) is 0 Å². The first-order valence-electron chi connectivity index (χ1n) is 7.66. The predicted molar refractivity (Wildman–Crippen MR) is 86.7 cm³/mol. The van der Waals surface area contributed by atoms with Gasteiger partial charge in [-0.1, -0.05) is 0 Å². The number of carbonyl (C=O) groups excluding carboxylic acids is 1. The van der Waals surface area contributed by atoms with Crippen molar-refractivity contribution in [3.05, 3.63) is 41.1 Å². The quantitative estimate of drug-likeness (QED) is 0.336. The maximum atomic E-state index is 12.9. The van der Waals surface area contributed by atoms with Crippen LogP contribution in [0.15, 0.2) is 30.0 Å². The van der Waals surface area contributed by atoms with Crippen molar-refractivity contribution in [2.75, 3.05) is 0 Å². The zero-order valence-electron chi connectivity index (χ0n) is 14.5. The molecule has 28 heavy (non-hydrogen) atoms. The number of benzene rings is 1. The largest absolute Gasteiger partial charge is 0.460 e. The van der Waals surface area contributed by atoms with Crippen molar-refractivity contribution in [2.45, 2.75) is 32.3 Å². The minimum Gasteiger partial charge on any atom is -0.460 e. The number of nitrogens with zero attached hydrogens (tertiary/aromatic N) is 3. The molecular weight excluding hydrogens is 391 g/mol. The average molecular weight is 403 g/mol. The van der Waals surface area contributed by atoms with E-state index in [1.807, 2.05) is 0 Å². The lowest BCUT2D eigenvalue weighted by Crippen LogP contribution is -2.14. The molecule has 0 aliphatic heterocycles. The summed E-state index contributed by atoms with van der Waals surface area (Å²) in [7, 11) is 5.51. The Kier molecular flexibility index (Phi) is 5.90. The van der Waals surface area contributed by atoms with E-state index >= 15 is 0 Å². The Morgan fingerprint density at radius 3 is 2.11 bits per heavy atom. The molecule has 2 radical (unpaired) electrons. The number of carbonyl (C=O) groups is 1. The molecule has 0 spiro atoms. The van der Waals surface area contributed by atoms with Gasteiger partial charge in [0.1, 0.15) is 14.2 Å². The number of rotatable bonds is 4. The first kappa shape index (κ1) is 21.5. The Morgan fingerprint density at radius 2 is 1.64 bits per heavy atom. The molecule has 1 heterocycles. The maximum Gasteiger partial charge on any atom is 0.416 e. The molecule has 1 aromatic heterocycles. The van der Waals surface area contributed by atoms with Gasteiger partial charge in [-0.05, 0) is 32.0 Å². The van der Waals surface area contributed by atoms with E-state index in [4.69, 9.17) is 12.6 Å². The Hall–Kier alpha value is -2.79. The number of halogens is 6. The molecule has 2 rings (SSSR count). The van der Waals surface area contributed by atoms with Crippen molar-refractivity contribution in [3.63, 3.8) is 0 Å². The van der Waals surface area contributed by atoms with E-state index in [0.717, 1.165) is 17.2 Å². The van der Waals surface area contributed by atoms with Gasteiger partial charge >= 0.3 is 18.3 Å². The van der Waals surface area contributed by atoms with Crippen LogP contribution in [0.25, 0.3) is 17.6 Å². The van der Waals surface area contributed by atoms with E-state index in [2.05, 4.69) is 10.1 Å². The van der Waals surface area contributed by atoms with Gasteiger partial charge in [-0.2, -0.15) is 26.3 Å². The lowest BCUT2D eigenvalue weighted by atomic mass is 9.97. The van der Waals surface area contributed by atoms with Crippen molar-refractivity contribution < 1.29 is 35.9 Å². The van der Waals surface area contributed by atoms with Crippen LogP contribution in [0.2, 0.25) is 0 Å². The van der Waals surface area contributed by atoms with Crippen LogP contribution in [0.5, 0.6) is 0 Å². The van der Waals surface area contributed by atoms with Crippen molar-refractivity contribution >= 4 is 20.0 Å². The highest BCUT2D eigenvalue weighted by Gasteiger charge is 2.37. The van der Waals surface area contributed by atoms with E-state index in [1.54, 1.807) is 13.8 Å². The first-order valence-corrected chi connectivity index (χ1v) is 7.66. The summed E-state index contributed by atoms with van der Waals surface area (Å²) in [6.45, 7) is 3.18. The highest BCUT2D eigenvalue weighted by atomic mass is 19.4. The summed E-state index contributed by atoms with van der Waals surface area (Å²) in [6, 6.07) is 0.990. The van der Waals surface area contributed by atoms with Gasteiger partial charge in [0, 0.05) is 17.2 Å². The molecule has 0 aliphatic carbocycles. The third kappa shape index (κ3) is 5.36. The molecule has 0 amide bonds. The molecule has 0 N–H and O–H groups in total. The fourth-order valence-corrected chi connectivity index (χ4v) is 2.03. The SMILES string of the molecule is [B]/C(=C\n1cnc(-c2cc(C(F)(F)F)cc(C(F)(F)F)c2)n1)C(=O)OC(C)C. The van der Waals surface area contributed by atoms with Gasteiger partial charge in [-0.3, -0.25) is 0 Å².